The molecule has 0 spiro atoms. The molecule has 1 aromatic carbocycles. The highest BCUT2D eigenvalue weighted by Gasteiger charge is 1.99. The van der Waals surface area contributed by atoms with E-state index in [1.54, 1.807) is 0 Å². The van der Waals surface area contributed by atoms with Crippen molar-refractivity contribution in [2.45, 2.75) is 58.0 Å². The van der Waals surface area contributed by atoms with Gasteiger partial charge in [-0.2, -0.15) is 0 Å². The molecule has 0 saturated carbocycles. The van der Waals surface area contributed by atoms with Crippen molar-refractivity contribution < 1.29 is 9.84 Å². The second-order valence-corrected chi connectivity index (χ2v) is 5.73. The number of ether oxygens (including phenoxy) is 1. The Labute approximate surface area is 147 Å². The molecule has 0 amide bonds. The Kier molecular flexibility index (Phi) is 12.2. The summed E-state index contributed by atoms with van der Waals surface area (Å²) >= 11 is 0. The quantitative estimate of drug-likeness (QED) is 0.340. The second-order valence-electron chi connectivity index (χ2n) is 5.73. The van der Waals surface area contributed by atoms with Gasteiger partial charge in [0.15, 0.2) is 0 Å². The number of rotatable bonds is 11. The fourth-order valence-electron chi connectivity index (χ4n) is 2.10. The van der Waals surface area contributed by atoms with E-state index in [9.17, 15) is 5.11 Å². The molecule has 0 bridgehead atoms. The third-order valence-electron chi connectivity index (χ3n) is 3.48. The summed E-state index contributed by atoms with van der Waals surface area (Å²) in [4.78, 5) is 0. The van der Waals surface area contributed by atoms with E-state index >= 15 is 0 Å². The number of aliphatic hydroxyl groups excluding tert-OH is 1. The molecular formula is C22H30O2. The summed E-state index contributed by atoms with van der Waals surface area (Å²) in [6.45, 7) is 2.41. The Morgan fingerprint density at radius 2 is 1.67 bits per heavy atom. The van der Waals surface area contributed by atoms with Crippen LogP contribution in [0, 0.1) is 11.8 Å². The van der Waals surface area contributed by atoms with E-state index in [1.165, 1.54) is 38.5 Å². The minimum atomic E-state index is -0.761. The molecule has 0 aliphatic rings. The van der Waals surface area contributed by atoms with Gasteiger partial charge in [0, 0.05) is 0 Å². The van der Waals surface area contributed by atoms with E-state index < -0.39 is 6.10 Å². The largest absolute Gasteiger partial charge is 0.490 e. The number of benzene rings is 1. The summed E-state index contributed by atoms with van der Waals surface area (Å²) in [6, 6.07) is 9.45. The zero-order valence-corrected chi connectivity index (χ0v) is 14.8. The van der Waals surface area contributed by atoms with E-state index in [4.69, 9.17) is 4.74 Å². The first kappa shape index (κ1) is 20.1. The van der Waals surface area contributed by atoms with E-state index in [-0.39, 0.29) is 6.61 Å². The lowest BCUT2D eigenvalue weighted by Gasteiger charge is -2.06. The minimum absolute atomic E-state index is 0.190. The fraction of sp³-hybridized carbons (Fsp3) is 0.455. The number of aliphatic hydroxyl groups is 1. The van der Waals surface area contributed by atoms with Crippen molar-refractivity contribution in [2.24, 2.45) is 0 Å². The van der Waals surface area contributed by atoms with Gasteiger partial charge in [0.2, 0.25) is 0 Å². The Morgan fingerprint density at radius 3 is 2.38 bits per heavy atom. The average Bonchev–Trinajstić information content (AvgIpc) is 2.62. The SMILES string of the molecule is CCCC/C=C/CCCC/C=C/C#CC(O)COc1ccccc1. The van der Waals surface area contributed by atoms with Gasteiger partial charge in [-0.1, -0.05) is 68.0 Å². The van der Waals surface area contributed by atoms with Crippen molar-refractivity contribution >= 4 is 0 Å². The highest BCUT2D eigenvalue weighted by Crippen LogP contribution is 2.08. The lowest BCUT2D eigenvalue weighted by atomic mass is 10.1. The van der Waals surface area contributed by atoms with Crippen LogP contribution in [-0.4, -0.2) is 17.8 Å². The van der Waals surface area contributed by atoms with Gasteiger partial charge in [0.1, 0.15) is 18.5 Å². The van der Waals surface area contributed by atoms with Crippen molar-refractivity contribution in [1.82, 2.24) is 0 Å². The van der Waals surface area contributed by atoms with E-state index in [0.717, 1.165) is 12.2 Å². The number of allylic oxidation sites excluding steroid dienone is 4. The van der Waals surface area contributed by atoms with Gasteiger partial charge < -0.3 is 9.84 Å². The standard InChI is InChI=1S/C22H30O2/c1-2-3-4-5-6-7-8-9-10-11-12-14-17-21(23)20-24-22-18-15-13-16-19-22/h5-6,11-13,15-16,18-19,21,23H,2-4,7-10,20H2,1H3/b6-5+,12-11+. The van der Waals surface area contributed by atoms with Crippen molar-refractivity contribution in [3.8, 4) is 17.6 Å². The van der Waals surface area contributed by atoms with E-state index in [1.807, 2.05) is 36.4 Å². The van der Waals surface area contributed by atoms with Gasteiger partial charge in [0.05, 0.1) is 0 Å². The first-order valence-corrected chi connectivity index (χ1v) is 9.00. The van der Waals surface area contributed by atoms with Crippen LogP contribution in [0.5, 0.6) is 5.75 Å². The van der Waals surface area contributed by atoms with Crippen molar-refractivity contribution in [2.75, 3.05) is 6.61 Å². The van der Waals surface area contributed by atoms with Gasteiger partial charge in [-0.15, -0.1) is 0 Å². The van der Waals surface area contributed by atoms with E-state index in [0.29, 0.717) is 0 Å². The first-order chi connectivity index (χ1) is 11.8. The first-order valence-electron chi connectivity index (χ1n) is 9.00. The Bertz CT molecular complexity index is 520. The summed E-state index contributed by atoms with van der Waals surface area (Å²) in [5.41, 5.74) is 0. The molecule has 1 rings (SSSR count). The molecule has 2 heteroatoms. The normalized spacial score (nSPS) is 12.2. The molecule has 0 heterocycles. The van der Waals surface area contributed by atoms with Gasteiger partial charge in [-0.25, -0.2) is 0 Å². The van der Waals surface area contributed by atoms with Crippen LogP contribution in [-0.2, 0) is 0 Å². The summed E-state index contributed by atoms with van der Waals surface area (Å²) in [5, 5.41) is 9.73. The Balaban J connectivity index is 2.04. The molecule has 1 aromatic rings. The van der Waals surface area contributed by atoms with Crippen LogP contribution in [0.2, 0.25) is 0 Å². The molecule has 0 fully saturated rings. The molecule has 130 valence electrons. The van der Waals surface area contributed by atoms with Crippen LogP contribution < -0.4 is 4.74 Å². The zero-order chi connectivity index (χ0) is 17.3. The van der Waals surface area contributed by atoms with Crippen LogP contribution in [0.4, 0.5) is 0 Å². The Morgan fingerprint density at radius 1 is 1.00 bits per heavy atom. The van der Waals surface area contributed by atoms with Crippen LogP contribution in [0.25, 0.3) is 0 Å². The zero-order valence-electron chi connectivity index (χ0n) is 14.8. The lowest BCUT2D eigenvalue weighted by Crippen LogP contribution is -2.14. The maximum absolute atomic E-state index is 9.73. The summed E-state index contributed by atoms with van der Waals surface area (Å²) in [5.74, 6) is 6.39. The third kappa shape index (κ3) is 11.6. The summed E-state index contributed by atoms with van der Waals surface area (Å²) in [7, 11) is 0. The predicted molar refractivity (Wildman–Crippen MR) is 102 cm³/mol. The average molecular weight is 326 g/mol. The molecule has 0 aliphatic heterocycles. The lowest BCUT2D eigenvalue weighted by molar-refractivity contribution is 0.151. The van der Waals surface area contributed by atoms with Crippen LogP contribution in [0.1, 0.15) is 51.9 Å². The predicted octanol–water partition coefficient (Wildman–Crippen LogP) is 5.29. The molecule has 2 nitrogen and oxygen atoms in total. The molecule has 0 aromatic heterocycles. The number of hydrogen-bond acceptors (Lipinski definition) is 2. The van der Waals surface area contributed by atoms with Crippen molar-refractivity contribution in [1.29, 1.82) is 0 Å². The van der Waals surface area contributed by atoms with Gasteiger partial charge in [-0.3, -0.25) is 0 Å². The molecule has 1 N–H and O–H groups in total. The third-order valence-corrected chi connectivity index (χ3v) is 3.48. The van der Waals surface area contributed by atoms with Gasteiger partial charge >= 0.3 is 0 Å². The second kappa shape index (κ2) is 14.6. The molecular weight excluding hydrogens is 296 g/mol. The Hall–Kier alpha value is -1.98. The monoisotopic (exact) mass is 326 g/mol. The van der Waals surface area contributed by atoms with Crippen molar-refractivity contribution in [3.63, 3.8) is 0 Å². The fourth-order valence-corrected chi connectivity index (χ4v) is 2.10. The van der Waals surface area contributed by atoms with E-state index in [2.05, 4.69) is 37.0 Å². The molecule has 1 unspecified atom stereocenters. The van der Waals surface area contributed by atoms with Crippen LogP contribution >= 0.6 is 0 Å². The number of hydrogen-bond donors (Lipinski definition) is 1. The minimum Gasteiger partial charge on any atom is -0.490 e. The number of para-hydroxylation sites is 1. The highest BCUT2D eigenvalue weighted by molar-refractivity contribution is 5.22. The molecule has 0 saturated heterocycles. The topological polar surface area (TPSA) is 29.5 Å². The van der Waals surface area contributed by atoms with Crippen LogP contribution in [0.3, 0.4) is 0 Å². The summed E-state index contributed by atoms with van der Waals surface area (Å²) in [6.07, 6.45) is 16.1. The van der Waals surface area contributed by atoms with Crippen molar-refractivity contribution in [3.05, 3.63) is 54.6 Å². The smallest absolute Gasteiger partial charge is 0.148 e. The molecule has 24 heavy (non-hydrogen) atoms. The highest BCUT2D eigenvalue weighted by atomic mass is 16.5. The van der Waals surface area contributed by atoms with Crippen LogP contribution in [0.15, 0.2) is 54.6 Å². The molecule has 0 aliphatic carbocycles. The molecule has 0 radical (unpaired) electrons. The molecule has 1 atom stereocenters. The summed E-state index contributed by atoms with van der Waals surface area (Å²) < 4.78 is 5.44. The maximum Gasteiger partial charge on any atom is 0.148 e. The van der Waals surface area contributed by atoms with Gasteiger partial charge in [-0.05, 0) is 50.3 Å². The number of unbranched alkanes of at least 4 members (excludes halogenated alkanes) is 5. The van der Waals surface area contributed by atoms with Gasteiger partial charge in [0.25, 0.3) is 0 Å². The maximum atomic E-state index is 9.73.